The fraction of sp³-hybridized carbons (Fsp3) is 0.429. The summed E-state index contributed by atoms with van der Waals surface area (Å²) >= 11 is 1.13. The molecule has 0 bridgehead atoms. The number of aliphatic hydroxyl groups is 1. The molecule has 2 atom stereocenters. The van der Waals surface area contributed by atoms with Crippen LogP contribution in [0, 0.1) is 0 Å². The molecule has 2 unspecified atom stereocenters. The van der Waals surface area contributed by atoms with Crippen LogP contribution in [-0.4, -0.2) is 17.5 Å². The Balaban J connectivity index is 2.94. The van der Waals surface area contributed by atoms with E-state index in [9.17, 15) is 13.2 Å². The summed E-state index contributed by atoms with van der Waals surface area (Å²) in [6.07, 6.45) is -6.41. The van der Waals surface area contributed by atoms with Gasteiger partial charge in [0.25, 0.3) is 0 Å². The lowest BCUT2D eigenvalue weighted by Crippen LogP contribution is -2.37. The van der Waals surface area contributed by atoms with Crippen LogP contribution < -0.4 is 5.73 Å². The van der Waals surface area contributed by atoms with Gasteiger partial charge in [-0.05, 0) is 22.4 Å². The lowest BCUT2D eigenvalue weighted by Gasteiger charge is -2.21. The third-order valence-electron chi connectivity index (χ3n) is 1.60. The molecule has 6 heteroatoms. The molecule has 3 N–H and O–H groups in total. The molecule has 2 nitrogen and oxygen atoms in total. The van der Waals surface area contributed by atoms with Crippen molar-refractivity contribution in [1.82, 2.24) is 0 Å². The van der Waals surface area contributed by atoms with E-state index in [4.69, 9.17) is 10.8 Å². The number of hydrogen-bond donors (Lipinski definition) is 2. The maximum Gasteiger partial charge on any atom is 0.399 e. The molecule has 0 aliphatic rings. The molecule has 1 rings (SSSR count). The van der Waals surface area contributed by atoms with Gasteiger partial charge in [0.05, 0.1) is 0 Å². The second kappa shape index (κ2) is 3.65. The summed E-state index contributed by atoms with van der Waals surface area (Å²) in [5.41, 5.74) is 4.86. The highest BCUT2D eigenvalue weighted by molar-refractivity contribution is 7.07. The maximum absolute atomic E-state index is 12.3. The number of halogens is 3. The Bertz CT molecular complexity index is 257. The van der Waals surface area contributed by atoms with Crippen molar-refractivity contribution in [2.45, 2.75) is 18.3 Å². The lowest BCUT2D eigenvalue weighted by molar-refractivity contribution is -0.171. The lowest BCUT2D eigenvalue weighted by atomic mass is 10.0. The highest BCUT2D eigenvalue weighted by Gasteiger charge is 2.44. The normalized spacial score (nSPS) is 17.0. The quantitative estimate of drug-likeness (QED) is 0.731. The molecule has 0 amide bonds. The van der Waals surface area contributed by atoms with Crippen LogP contribution in [0.15, 0.2) is 16.8 Å². The van der Waals surface area contributed by atoms with Crippen LogP contribution in [0.2, 0.25) is 0 Å². The smallest absolute Gasteiger partial charge is 0.378 e. The molecule has 0 aliphatic carbocycles. The summed E-state index contributed by atoms with van der Waals surface area (Å²) in [4.78, 5) is 0. The van der Waals surface area contributed by atoms with E-state index in [0.717, 1.165) is 11.3 Å². The van der Waals surface area contributed by atoms with Gasteiger partial charge in [-0.15, -0.1) is 0 Å². The highest BCUT2D eigenvalue weighted by Crippen LogP contribution is 2.36. The number of alkyl halides is 3. The van der Waals surface area contributed by atoms with Gasteiger partial charge >= 0.3 is 6.18 Å². The van der Waals surface area contributed by atoms with Crippen molar-refractivity contribution < 1.29 is 18.3 Å². The van der Waals surface area contributed by atoms with E-state index in [1.807, 2.05) is 0 Å². The molecule has 0 aromatic carbocycles. The van der Waals surface area contributed by atoms with E-state index in [2.05, 4.69) is 0 Å². The molecule has 0 radical (unpaired) electrons. The van der Waals surface area contributed by atoms with Crippen LogP contribution in [0.3, 0.4) is 0 Å². The van der Waals surface area contributed by atoms with Gasteiger partial charge in [-0.3, -0.25) is 0 Å². The predicted molar refractivity (Wildman–Crippen MR) is 43.3 cm³/mol. The van der Waals surface area contributed by atoms with Crippen LogP contribution in [0.1, 0.15) is 11.5 Å². The topological polar surface area (TPSA) is 46.2 Å². The van der Waals surface area contributed by atoms with Gasteiger partial charge in [-0.2, -0.15) is 24.5 Å². The van der Waals surface area contributed by atoms with Crippen molar-refractivity contribution in [1.29, 1.82) is 0 Å². The SMILES string of the molecule is NC(O)C(c1ccsc1)C(F)(F)F. The van der Waals surface area contributed by atoms with Gasteiger partial charge in [-0.25, -0.2) is 0 Å². The highest BCUT2D eigenvalue weighted by atomic mass is 32.1. The monoisotopic (exact) mass is 211 g/mol. The summed E-state index contributed by atoms with van der Waals surface area (Å²) < 4.78 is 36.9. The molecule has 13 heavy (non-hydrogen) atoms. The van der Waals surface area contributed by atoms with Crippen LogP contribution in [0.5, 0.6) is 0 Å². The van der Waals surface area contributed by atoms with Crippen molar-refractivity contribution in [3.8, 4) is 0 Å². The molecule has 0 fully saturated rings. The first-order valence-corrected chi connectivity index (χ1v) is 4.39. The second-order valence-corrected chi connectivity index (χ2v) is 3.35. The van der Waals surface area contributed by atoms with Crippen molar-refractivity contribution in [2.75, 3.05) is 0 Å². The van der Waals surface area contributed by atoms with Gasteiger partial charge in [-0.1, -0.05) is 0 Å². The Morgan fingerprint density at radius 1 is 1.46 bits per heavy atom. The number of rotatable bonds is 2. The molecule has 74 valence electrons. The number of aliphatic hydroxyl groups excluding tert-OH is 1. The standard InChI is InChI=1S/C7H8F3NOS/c8-7(9,10)5(6(11)12)4-1-2-13-3-4/h1-3,5-6,12H,11H2. The summed E-state index contributed by atoms with van der Waals surface area (Å²) in [5, 5.41) is 11.6. The van der Waals surface area contributed by atoms with Crippen LogP contribution in [-0.2, 0) is 0 Å². The summed E-state index contributed by atoms with van der Waals surface area (Å²) in [6, 6.07) is 1.30. The minimum Gasteiger partial charge on any atom is -0.378 e. The maximum atomic E-state index is 12.3. The van der Waals surface area contributed by atoms with Crippen LogP contribution in [0.4, 0.5) is 13.2 Å². The fourth-order valence-corrected chi connectivity index (χ4v) is 1.73. The van der Waals surface area contributed by atoms with Gasteiger partial charge in [0.1, 0.15) is 12.1 Å². The molecular weight excluding hydrogens is 203 g/mol. The van der Waals surface area contributed by atoms with Crippen LogP contribution >= 0.6 is 11.3 Å². The summed E-state index contributed by atoms with van der Waals surface area (Å²) in [7, 11) is 0. The average molecular weight is 211 g/mol. The van der Waals surface area contributed by atoms with Gasteiger partial charge in [0.15, 0.2) is 0 Å². The minimum absolute atomic E-state index is 0.00694. The summed E-state index contributed by atoms with van der Waals surface area (Å²) in [5.74, 6) is -1.99. The van der Waals surface area contributed by atoms with E-state index < -0.39 is 18.3 Å². The van der Waals surface area contributed by atoms with Crippen LogP contribution in [0.25, 0.3) is 0 Å². The van der Waals surface area contributed by atoms with E-state index in [0.29, 0.717) is 0 Å². The van der Waals surface area contributed by atoms with E-state index in [1.54, 1.807) is 0 Å². The Morgan fingerprint density at radius 3 is 2.38 bits per heavy atom. The Kier molecular flexibility index (Phi) is 2.94. The first-order valence-electron chi connectivity index (χ1n) is 3.45. The average Bonchev–Trinajstić information content (AvgIpc) is 2.34. The largest absolute Gasteiger partial charge is 0.399 e. The van der Waals surface area contributed by atoms with E-state index >= 15 is 0 Å². The van der Waals surface area contributed by atoms with Gasteiger partial charge in [0.2, 0.25) is 0 Å². The molecule has 0 spiro atoms. The number of nitrogens with two attached hydrogens (primary N) is 1. The molecule has 0 aliphatic heterocycles. The zero-order chi connectivity index (χ0) is 10.1. The zero-order valence-corrected chi connectivity index (χ0v) is 7.27. The van der Waals surface area contributed by atoms with Crippen molar-refractivity contribution in [3.05, 3.63) is 22.4 Å². The third kappa shape index (κ3) is 2.43. The number of thiophene rings is 1. The molecule has 1 aromatic rings. The molecule has 0 saturated carbocycles. The first kappa shape index (κ1) is 10.5. The Morgan fingerprint density at radius 2 is 2.08 bits per heavy atom. The van der Waals surface area contributed by atoms with E-state index in [-0.39, 0.29) is 5.56 Å². The second-order valence-electron chi connectivity index (χ2n) is 2.57. The molecule has 1 heterocycles. The molecular formula is C7H8F3NOS. The molecule has 0 saturated heterocycles. The van der Waals surface area contributed by atoms with E-state index in [1.165, 1.54) is 16.8 Å². The summed E-state index contributed by atoms with van der Waals surface area (Å²) in [6.45, 7) is 0. The Hall–Kier alpha value is -0.590. The zero-order valence-electron chi connectivity index (χ0n) is 6.45. The number of hydrogen-bond acceptors (Lipinski definition) is 3. The molecule has 1 aromatic heterocycles. The first-order chi connectivity index (χ1) is 5.93. The predicted octanol–water partition coefficient (Wildman–Crippen LogP) is 1.67. The third-order valence-corrected chi connectivity index (χ3v) is 2.30. The van der Waals surface area contributed by atoms with Crippen molar-refractivity contribution in [2.24, 2.45) is 5.73 Å². The van der Waals surface area contributed by atoms with Crippen molar-refractivity contribution in [3.63, 3.8) is 0 Å². The van der Waals surface area contributed by atoms with Crippen molar-refractivity contribution >= 4 is 11.3 Å². The Labute approximate surface area is 76.8 Å². The van der Waals surface area contributed by atoms with Gasteiger partial charge in [0, 0.05) is 0 Å². The fourth-order valence-electron chi connectivity index (χ4n) is 1.03. The van der Waals surface area contributed by atoms with Gasteiger partial charge < -0.3 is 10.8 Å². The minimum atomic E-state index is -4.50.